The molecule has 0 aliphatic rings. The van der Waals surface area contributed by atoms with Crippen molar-refractivity contribution in [3.8, 4) is 0 Å². The van der Waals surface area contributed by atoms with E-state index in [1.165, 1.54) is 80.3 Å². The second-order valence-corrected chi connectivity index (χ2v) is 12.9. The molecule has 0 saturated heterocycles. The van der Waals surface area contributed by atoms with E-state index in [2.05, 4.69) is 48.5 Å². The molecule has 0 amide bonds. The summed E-state index contributed by atoms with van der Waals surface area (Å²) in [6.45, 7) is 18.4. The molecule has 191 valence electrons. The Labute approximate surface area is 215 Å². The van der Waals surface area contributed by atoms with Crippen molar-refractivity contribution in [3.63, 3.8) is 0 Å². The van der Waals surface area contributed by atoms with Crippen LogP contribution in [0.2, 0.25) is 0 Å². The van der Waals surface area contributed by atoms with Gasteiger partial charge in [0.15, 0.2) is 0 Å². The molecule has 0 spiro atoms. The van der Waals surface area contributed by atoms with Gasteiger partial charge in [-0.15, -0.1) is 0 Å². The Morgan fingerprint density at radius 1 is 0.562 bits per heavy atom. The molecule has 0 heterocycles. The molecule has 0 aromatic rings. The molecule has 0 aliphatic heterocycles. The van der Waals surface area contributed by atoms with Gasteiger partial charge >= 0.3 is 216 Å². The van der Waals surface area contributed by atoms with Crippen molar-refractivity contribution in [2.45, 2.75) is 142 Å². The Balaban J connectivity index is 4.52. The van der Waals surface area contributed by atoms with Crippen molar-refractivity contribution < 1.29 is 14.2 Å². The summed E-state index contributed by atoms with van der Waals surface area (Å²) in [5.41, 5.74) is 0. The second-order valence-electron chi connectivity index (χ2n) is 10.9. The van der Waals surface area contributed by atoms with Crippen LogP contribution in [-0.2, 0) is 14.2 Å². The first kappa shape index (κ1) is 32.7. The molecule has 32 heavy (non-hydrogen) atoms. The van der Waals surface area contributed by atoms with Crippen molar-refractivity contribution in [2.24, 2.45) is 17.8 Å². The van der Waals surface area contributed by atoms with Crippen LogP contribution in [0, 0.1) is 17.8 Å². The topological polar surface area (TPSA) is 27.7 Å². The summed E-state index contributed by atoms with van der Waals surface area (Å²) in [6, 6.07) is 0. The van der Waals surface area contributed by atoms with Gasteiger partial charge in [-0.2, -0.15) is 0 Å². The van der Waals surface area contributed by atoms with Crippen LogP contribution >= 0.6 is 0 Å². The monoisotopic (exact) mass is 561 g/mol. The normalized spacial score (nSPS) is 13.6. The fourth-order valence-corrected chi connectivity index (χ4v) is 5.29. The van der Waals surface area contributed by atoms with Crippen LogP contribution in [0.25, 0.3) is 0 Å². The Hall–Kier alpha value is 0.679. The maximum atomic E-state index is 6.44. The molecule has 0 N–H and O–H groups in total. The quantitative estimate of drug-likeness (QED) is 0.0715. The van der Waals surface area contributed by atoms with E-state index in [1.807, 2.05) is 0 Å². The molecule has 1 atom stereocenters. The van der Waals surface area contributed by atoms with Gasteiger partial charge in [0.1, 0.15) is 0 Å². The van der Waals surface area contributed by atoms with Gasteiger partial charge in [-0.3, -0.25) is 0 Å². The van der Waals surface area contributed by atoms with E-state index in [1.54, 1.807) is 0 Å². The molecule has 0 aliphatic carbocycles. The first-order valence-corrected chi connectivity index (χ1v) is 15.3. The first-order valence-electron chi connectivity index (χ1n) is 13.9. The minimum absolute atomic E-state index is 0.0390. The average molecular weight is 560 g/mol. The van der Waals surface area contributed by atoms with Crippen molar-refractivity contribution >= 4 is 22.5 Å². The molecule has 1 unspecified atom stereocenters. The van der Waals surface area contributed by atoms with Crippen LogP contribution in [0.1, 0.15) is 132 Å². The summed E-state index contributed by atoms with van der Waals surface area (Å²) < 4.78 is 18.7. The van der Waals surface area contributed by atoms with Crippen molar-refractivity contribution in [3.05, 3.63) is 0 Å². The fraction of sp³-hybridized carbons (Fsp3) is 1.00. The van der Waals surface area contributed by atoms with Crippen molar-refractivity contribution in [2.75, 3.05) is 19.8 Å². The summed E-state index contributed by atoms with van der Waals surface area (Å²) in [6.07, 6.45) is 15.9. The molecule has 3 radical (unpaired) electrons. The number of hydrogen-bond acceptors (Lipinski definition) is 3. The number of hydrogen-bond donors (Lipinski definition) is 0. The molecule has 0 saturated carbocycles. The molecule has 0 aromatic heterocycles. The Morgan fingerprint density at radius 3 is 1.28 bits per heavy atom. The van der Waals surface area contributed by atoms with Crippen LogP contribution in [0.15, 0.2) is 0 Å². The molecule has 4 heteroatoms. The van der Waals surface area contributed by atoms with Gasteiger partial charge in [0.25, 0.3) is 0 Å². The van der Waals surface area contributed by atoms with Crippen molar-refractivity contribution in [1.82, 2.24) is 0 Å². The second kappa shape index (κ2) is 21.0. The zero-order valence-electron chi connectivity index (χ0n) is 22.8. The average Bonchev–Trinajstić information content (AvgIpc) is 2.72. The molecule has 3 nitrogen and oxygen atoms in total. The number of rotatable bonds is 23. The summed E-state index contributed by atoms with van der Waals surface area (Å²) in [4.78, 5) is 0. The van der Waals surface area contributed by atoms with E-state index in [9.17, 15) is 0 Å². The Morgan fingerprint density at radius 2 is 0.938 bits per heavy atom. The van der Waals surface area contributed by atoms with Crippen LogP contribution in [0.5, 0.6) is 0 Å². The standard InChI is InChI=1S/C28H57O3.Sn/c1-8-27(29-21-15-9-12-18-24(2)3)28(30-22-16-10-13-19-25(4)5)31-23-17-11-14-20-26(6)7;/h24-27H,8-23H2,1-7H3;. The van der Waals surface area contributed by atoms with E-state index in [4.69, 9.17) is 14.2 Å². The zero-order chi connectivity index (χ0) is 24.2. The Bertz CT molecular complexity index is 378. The molecule has 0 bridgehead atoms. The van der Waals surface area contributed by atoms with E-state index >= 15 is 0 Å². The first-order chi connectivity index (χ1) is 15.2. The summed E-state index contributed by atoms with van der Waals surface area (Å²) >= 11 is 1.29. The van der Waals surface area contributed by atoms with Gasteiger partial charge in [-0.25, -0.2) is 0 Å². The Kier molecular flexibility index (Phi) is 21.4. The third-order valence-electron chi connectivity index (χ3n) is 6.02. The van der Waals surface area contributed by atoms with Gasteiger partial charge in [0, 0.05) is 0 Å². The van der Waals surface area contributed by atoms with Gasteiger partial charge in [0.05, 0.1) is 0 Å². The van der Waals surface area contributed by atoms with Crippen LogP contribution in [-0.4, -0.2) is 52.3 Å². The van der Waals surface area contributed by atoms with E-state index in [0.717, 1.165) is 63.3 Å². The van der Waals surface area contributed by atoms with Crippen LogP contribution < -0.4 is 0 Å². The van der Waals surface area contributed by atoms with Crippen LogP contribution in [0.3, 0.4) is 0 Å². The number of unbranched alkanes of at least 4 members (excludes halogenated alkanes) is 6. The summed E-state index contributed by atoms with van der Waals surface area (Å²) in [5.74, 6) is 2.39. The third kappa shape index (κ3) is 19.0. The van der Waals surface area contributed by atoms with E-state index < -0.39 is 3.80 Å². The number of ether oxygens (including phenoxy) is 3. The SMILES string of the molecule is CCC(OCCCCCC(C)C)[C]([Sn])(OCCCCCC(C)C)OCCCCCC(C)C. The molecule has 0 rings (SSSR count). The van der Waals surface area contributed by atoms with E-state index in [0.29, 0.717) is 0 Å². The predicted molar refractivity (Wildman–Crippen MR) is 140 cm³/mol. The predicted octanol–water partition coefficient (Wildman–Crippen LogP) is 8.29. The van der Waals surface area contributed by atoms with E-state index in [-0.39, 0.29) is 6.10 Å². The summed E-state index contributed by atoms with van der Waals surface area (Å²) in [5, 5.41) is 0. The third-order valence-corrected chi connectivity index (χ3v) is 7.77. The molecular weight excluding hydrogens is 503 g/mol. The van der Waals surface area contributed by atoms with Gasteiger partial charge in [0.2, 0.25) is 0 Å². The van der Waals surface area contributed by atoms with Gasteiger partial charge in [-0.05, 0) is 0 Å². The van der Waals surface area contributed by atoms with Gasteiger partial charge in [-0.1, -0.05) is 0 Å². The van der Waals surface area contributed by atoms with Crippen molar-refractivity contribution in [1.29, 1.82) is 0 Å². The van der Waals surface area contributed by atoms with Gasteiger partial charge < -0.3 is 0 Å². The van der Waals surface area contributed by atoms with Crippen LogP contribution in [0.4, 0.5) is 0 Å². The molecule has 0 fully saturated rings. The fourth-order valence-electron chi connectivity index (χ4n) is 3.89. The minimum atomic E-state index is -0.546. The summed E-state index contributed by atoms with van der Waals surface area (Å²) in [7, 11) is 0. The molecule has 0 aromatic carbocycles. The molecular formula is C28H57O3Sn. The maximum absolute atomic E-state index is 6.44. The zero-order valence-corrected chi connectivity index (χ0v) is 25.7.